The number of tetrazole rings is 1. The summed E-state index contributed by atoms with van der Waals surface area (Å²) in [5, 5.41) is 21.7. The van der Waals surface area contributed by atoms with Gasteiger partial charge in [-0.05, 0) is 35.5 Å². The maximum atomic E-state index is 12.5. The lowest BCUT2D eigenvalue weighted by Gasteiger charge is -2.10. The molecule has 0 saturated heterocycles. The second-order valence-corrected chi connectivity index (χ2v) is 4.75. The summed E-state index contributed by atoms with van der Waals surface area (Å²) in [5.74, 6) is -0.0224. The van der Waals surface area contributed by atoms with Crippen molar-refractivity contribution in [3.63, 3.8) is 0 Å². The summed E-state index contributed by atoms with van der Waals surface area (Å²) in [4.78, 5) is 12.5. The van der Waals surface area contributed by atoms with Crippen molar-refractivity contribution >= 4 is 23.5 Å². The Hall–Kier alpha value is -2.81. The highest BCUT2D eigenvalue weighted by molar-refractivity contribution is 6.31. The van der Waals surface area contributed by atoms with E-state index in [4.69, 9.17) is 11.6 Å². The van der Waals surface area contributed by atoms with Crippen LogP contribution in [0.2, 0.25) is 5.02 Å². The molecule has 2 aromatic heterocycles. The molecule has 0 unspecified atom stereocenters. The van der Waals surface area contributed by atoms with Gasteiger partial charge in [-0.2, -0.15) is 4.68 Å². The molecule has 0 fully saturated rings. The van der Waals surface area contributed by atoms with Crippen LogP contribution in [0.1, 0.15) is 17.3 Å². The minimum absolute atomic E-state index is 0.324. The average molecular weight is 319 g/mol. The van der Waals surface area contributed by atoms with E-state index < -0.39 is 0 Å². The average Bonchev–Trinajstić information content (AvgIpc) is 3.18. The van der Waals surface area contributed by atoms with E-state index in [1.807, 2.05) is 6.92 Å². The molecule has 0 atom stereocenters. The van der Waals surface area contributed by atoms with Crippen LogP contribution in [0.15, 0.2) is 30.9 Å². The first-order chi connectivity index (χ1) is 10.7. The van der Waals surface area contributed by atoms with Gasteiger partial charge in [-0.15, -0.1) is 15.3 Å². The monoisotopic (exact) mass is 318 g/mol. The standard InChI is InChI=1S/C12H11ClN8O/c1-2-20-6-14-17-12(20)16-11(22)9-5-8(13)3-4-10(9)21-7-15-18-19-21/h3-7H,2H2,1H3,(H,16,17,22). The molecule has 9 nitrogen and oxygen atoms in total. The minimum Gasteiger partial charge on any atom is -0.300 e. The fourth-order valence-electron chi connectivity index (χ4n) is 1.91. The van der Waals surface area contributed by atoms with Crippen molar-refractivity contribution in [1.29, 1.82) is 0 Å². The van der Waals surface area contributed by atoms with Gasteiger partial charge < -0.3 is 0 Å². The van der Waals surface area contributed by atoms with Crippen LogP contribution < -0.4 is 5.32 Å². The minimum atomic E-state index is -0.379. The molecule has 1 aromatic carbocycles. The first-order valence-corrected chi connectivity index (χ1v) is 6.79. The smallest absolute Gasteiger partial charge is 0.260 e. The van der Waals surface area contributed by atoms with Gasteiger partial charge in [-0.1, -0.05) is 11.6 Å². The molecule has 0 radical (unpaired) electrons. The van der Waals surface area contributed by atoms with Gasteiger partial charge in [-0.3, -0.25) is 14.7 Å². The van der Waals surface area contributed by atoms with Gasteiger partial charge in [0.05, 0.1) is 11.3 Å². The van der Waals surface area contributed by atoms with Gasteiger partial charge in [0.25, 0.3) is 5.91 Å². The third-order valence-corrected chi connectivity index (χ3v) is 3.22. The van der Waals surface area contributed by atoms with Gasteiger partial charge >= 0.3 is 0 Å². The molecule has 10 heteroatoms. The van der Waals surface area contributed by atoms with E-state index in [1.165, 1.54) is 17.3 Å². The number of anilines is 1. The summed E-state index contributed by atoms with van der Waals surface area (Å²) >= 11 is 5.99. The first kappa shape index (κ1) is 14.1. The molecule has 0 saturated carbocycles. The van der Waals surface area contributed by atoms with E-state index >= 15 is 0 Å². The number of amides is 1. The highest BCUT2D eigenvalue weighted by atomic mass is 35.5. The Kier molecular flexibility index (Phi) is 3.79. The molecule has 0 aliphatic heterocycles. The Labute approximate surface area is 129 Å². The Balaban J connectivity index is 1.97. The van der Waals surface area contributed by atoms with Crippen LogP contribution >= 0.6 is 11.6 Å². The summed E-state index contributed by atoms with van der Waals surface area (Å²) in [5.41, 5.74) is 0.833. The number of halogens is 1. The van der Waals surface area contributed by atoms with E-state index in [1.54, 1.807) is 22.8 Å². The second kappa shape index (κ2) is 5.90. The number of hydrogen-bond acceptors (Lipinski definition) is 6. The number of rotatable bonds is 4. The third-order valence-electron chi connectivity index (χ3n) is 2.98. The lowest BCUT2D eigenvalue weighted by molar-refractivity contribution is 0.102. The number of nitrogens with zero attached hydrogens (tertiary/aromatic N) is 7. The summed E-state index contributed by atoms with van der Waals surface area (Å²) in [6.45, 7) is 2.56. The van der Waals surface area contributed by atoms with E-state index in [2.05, 4.69) is 31.0 Å². The topological polar surface area (TPSA) is 103 Å². The molecule has 0 aliphatic rings. The second-order valence-electron chi connectivity index (χ2n) is 4.31. The zero-order valence-electron chi connectivity index (χ0n) is 11.5. The Bertz CT molecular complexity index is 797. The predicted octanol–water partition coefficient (Wildman–Crippen LogP) is 1.18. The quantitative estimate of drug-likeness (QED) is 0.774. The zero-order chi connectivity index (χ0) is 15.5. The van der Waals surface area contributed by atoms with Crippen LogP contribution in [0.25, 0.3) is 5.69 Å². The number of aromatic nitrogens is 7. The summed E-state index contributed by atoms with van der Waals surface area (Å²) in [7, 11) is 0. The number of nitrogens with one attached hydrogen (secondary N) is 1. The van der Waals surface area contributed by atoms with Crippen molar-refractivity contribution in [2.75, 3.05) is 5.32 Å². The summed E-state index contributed by atoms with van der Waals surface area (Å²) in [6.07, 6.45) is 2.93. The first-order valence-electron chi connectivity index (χ1n) is 6.41. The van der Waals surface area contributed by atoms with Gasteiger partial charge in [0.2, 0.25) is 5.95 Å². The lowest BCUT2D eigenvalue weighted by atomic mass is 10.1. The van der Waals surface area contributed by atoms with E-state index in [0.717, 1.165) is 0 Å². The van der Waals surface area contributed by atoms with Gasteiger partial charge in [0.1, 0.15) is 12.7 Å². The van der Waals surface area contributed by atoms with Crippen molar-refractivity contribution in [2.24, 2.45) is 0 Å². The molecule has 1 amide bonds. The van der Waals surface area contributed by atoms with Crippen LogP contribution in [0, 0.1) is 0 Å². The van der Waals surface area contributed by atoms with Crippen LogP contribution in [0.3, 0.4) is 0 Å². The molecule has 0 aliphatic carbocycles. The molecule has 1 N–H and O–H groups in total. The number of carbonyl (C=O) groups is 1. The summed E-state index contributed by atoms with van der Waals surface area (Å²) < 4.78 is 3.09. The molecule has 0 spiro atoms. The third kappa shape index (κ3) is 2.66. The molecule has 2 heterocycles. The van der Waals surface area contributed by atoms with E-state index in [9.17, 15) is 4.79 Å². The number of aryl methyl sites for hydroxylation is 1. The Morgan fingerprint density at radius 2 is 2.18 bits per heavy atom. The van der Waals surface area contributed by atoms with E-state index in [0.29, 0.717) is 28.8 Å². The summed E-state index contributed by atoms with van der Waals surface area (Å²) in [6, 6.07) is 4.86. The number of benzene rings is 1. The lowest BCUT2D eigenvalue weighted by Crippen LogP contribution is -2.18. The maximum absolute atomic E-state index is 12.5. The fourth-order valence-corrected chi connectivity index (χ4v) is 2.09. The van der Waals surface area contributed by atoms with Gasteiger partial charge in [0, 0.05) is 11.6 Å². The highest BCUT2D eigenvalue weighted by Crippen LogP contribution is 2.20. The Morgan fingerprint density at radius 3 is 2.91 bits per heavy atom. The van der Waals surface area contributed by atoms with Crippen molar-refractivity contribution in [1.82, 2.24) is 35.0 Å². The molecule has 0 bridgehead atoms. The van der Waals surface area contributed by atoms with Crippen molar-refractivity contribution in [2.45, 2.75) is 13.5 Å². The molecule has 3 aromatic rings. The van der Waals surface area contributed by atoms with Crippen molar-refractivity contribution in [3.8, 4) is 5.69 Å². The van der Waals surface area contributed by atoms with Crippen molar-refractivity contribution < 1.29 is 4.79 Å². The SMILES string of the molecule is CCn1cnnc1NC(=O)c1cc(Cl)ccc1-n1cnnn1. The highest BCUT2D eigenvalue weighted by Gasteiger charge is 2.16. The fraction of sp³-hybridized carbons (Fsp3) is 0.167. The van der Waals surface area contributed by atoms with Gasteiger partial charge in [-0.25, -0.2) is 0 Å². The molecule has 22 heavy (non-hydrogen) atoms. The number of carbonyl (C=O) groups excluding carboxylic acids is 1. The van der Waals surface area contributed by atoms with Crippen LogP contribution in [-0.4, -0.2) is 40.9 Å². The van der Waals surface area contributed by atoms with Crippen LogP contribution in [0.5, 0.6) is 0 Å². The molecule has 3 rings (SSSR count). The van der Waals surface area contributed by atoms with Gasteiger partial charge in [0.15, 0.2) is 0 Å². The van der Waals surface area contributed by atoms with Crippen molar-refractivity contribution in [3.05, 3.63) is 41.4 Å². The maximum Gasteiger partial charge on any atom is 0.260 e. The Morgan fingerprint density at radius 1 is 1.32 bits per heavy atom. The van der Waals surface area contributed by atoms with Crippen LogP contribution in [0.4, 0.5) is 5.95 Å². The van der Waals surface area contributed by atoms with E-state index in [-0.39, 0.29) is 5.91 Å². The molecular weight excluding hydrogens is 308 g/mol. The largest absolute Gasteiger partial charge is 0.300 e. The van der Waals surface area contributed by atoms with Crippen LogP contribution in [-0.2, 0) is 6.54 Å². The number of hydrogen-bond donors (Lipinski definition) is 1. The zero-order valence-corrected chi connectivity index (χ0v) is 12.3. The normalized spacial score (nSPS) is 10.6. The molecule has 112 valence electrons. The predicted molar refractivity (Wildman–Crippen MR) is 77.8 cm³/mol. The molecular formula is C12H11ClN8O.